The molecule has 0 atom stereocenters. The number of rotatable bonds is 8. The summed E-state index contributed by atoms with van der Waals surface area (Å²) < 4.78 is 28.0. The number of benzene rings is 2. The van der Waals surface area contributed by atoms with Crippen LogP contribution in [0.1, 0.15) is 19.4 Å². The van der Waals surface area contributed by atoms with Gasteiger partial charge in [-0.05, 0) is 30.2 Å². The molecular weight excluding hydrogens is 326 g/mol. The van der Waals surface area contributed by atoms with Crippen molar-refractivity contribution in [2.45, 2.75) is 26.3 Å². The van der Waals surface area contributed by atoms with Crippen molar-refractivity contribution in [3.05, 3.63) is 48.0 Å². The van der Waals surface area contributed by atoms with E-state index in [9.17, 15) is 13.2 Å². The van der Waals surface area contributed by atoms with Crippen LogP contribution < -0.4 is 14.8 Å². The van der Waals surface area contributed by atoms with E-state index < -0.39 is 10.2 Å². The van der Waals surface area contributed by atoms with Gasteiger partial charge in [0.25, 0.3) is 10.2 Å². The highest BCUT2D eigenvalue weighted by atomic mass is 32.2. The number of hydrogen-bond donors (Lipinski definition) is 3. The number of carbonyl (C=O) groups is 1. The van der Waals surface area contributed by atoms with E-state index in [4.69, 9.17) is 0 Å². The quantitative estimate of drug-likeness (QED) is 0.628. The highest BCUT2D eigenvalue weighted by Gasteiger charge is 2.11. The van der Waals surface area contributed by atoms with Crippen LogP contribution >= 0.6 is 0 Å². The van der Waals surface area contributed by atoms with Gasteiger partial charge < -0.3 is 5.32 Å². The summed E-state index contributed by atoms with van der Waals surface area (Å²) in [5, 5.41) is 4.87. The molecule has 0 aliphatic rings. The smallest absolute Gasteiger partial charge is 0.277 e. The Labute approximate surface area is 142 Å². The molecule has 0 spiro atoms. The van der Waals surface area contributed by atoms with Crippen LogP contribution in [0.3, 0.4) is 0 Å². The van der Waals surface area contributed by atoms with Crippen LogP contribution in [0.15, 0.2) is 42.5 Å². The van der Waals surface area contributed by atoms with Crippen molar-refractivity contribution in [3.63, 3.8) is 0 Å². The first-order chi connectivity index (χ1) is 11.4. The molecule has 1 amide bonds. The van der Waals surface area contributed by atoms with Gasteiger partial charge in [0.2, 0.25) is 5.91 Å². The fourth-order valence-corrected chi connectivity index (χ4v) is 3.50. The molecule has 0 unspecified atom stereocenters. The zero-order valence-corrected chi connectivity index (χ0v) is 14.7. The first kappa shape index (κ1) is 18.4. The number of fused-ring (bicyclic) bond motifs is 1. The third-order valence-electron chi connectivity index (χ3n) is 3.36. The molecule has 0 radical (unpaired) electrons. The van der Waals surface area contributed by atoms with Crippen molar-refractivity contribution < 1.29 is 13.2 Å². The number of nitrogens with one attached hydrogen (secondary N) is 3. The number of carbonyl (C=O) groups excluding carboxylic acids is 1. The molecule has 0 saturated carbocycles. The molecule has 2 aromatic rings. The summed E-state index contributed by atoms with van der Waals surface area (Å²) in [7, 11) is -3.52. The zero-order valence-electron chi connectivity index (χ0n) is 13.9. The van der Waals surface area contributed by atoms with E-state index in [0.29, 0.717) is 0 Å². The van der Waals surface area contributed by atoms with Crippen molar-refractivity contribution in [2.24, 2.45) is 0 Å². The van der Waals surface area contributed by atoms with E-state index in [1.807, 2.05) is 42.5 Å². The molecule has 0 aliphatic carbocycles. The van der Waals surface area contributed by atoms with Crippen molar-refractivity contribution in [3.8, 4) is 0 Å². The Morgan fingerprint density at radius 1 is 1.04 bits per heavy atom. The maximum atomic E-state index is 12.1. The predicted molar refractivity (Wildman–Crippen MR) is 95.9 cm³/mol. The molecule has 24 heavy (non-hydrogen) atoms. The van der Waals surface area contributed by atoms with E-state index in [2.05, 4.69) is 14.8 Å². The average Bonchev–Trinajstić information content (AvgIpc) is 2.51. The van der Waals surface area contributed by atoms with Gasteiger partial charge in [0, 0.05) is 19.1 Å². The van der Waals surface area contributed by atoms with E-state index >= 15 is 0 Å². The van der Waals surface area contributed by atoms with E-state index in [1.54, 1.807) is 13.8 Å². The monoisotopic (exact) mass is 349 g/mol. The van der Waals surface area contributed by atoms with Gasteiger partial charge in [-0.3, -0.25) is 4.79 Å². The Bertz CT molecular complexity index is 798. The minimum absolute atomic E-state index is 0.137. The van der Waals surface area contributed by atoms with Crippen molar-refractivity contribution >= 4 is 26.9 Å². The highest BCUT2D eigenvalue weighted by Crippen LogP contribution is 2.18. The van der Waals surface area contributed by atoms with Crippen LogP contribution in [-0.2, 0) is 21.4 Å². The van der Waals surface area contributed by atoms with Crippen LogP contribution in [0.5, 0.6) is 0 Å². The Morgan fingerprint density at radius 3 is 2.50 bits per heavy atom. The maximum Gasteiger partial charge on any atom is 0.277 e. The van der Waals surface area contributed by atoms with Crippen molar-refractivity contribution in [1.29, 1.82) is 0 Å². The Balaban J connectivity index is 1.83. The SMILES string of the molecule is CC(C)NS(=O)(=O)NCCNC(=O)Cc1cccc2ccccc12. The van der Waals surface area contributed by atoms with E-state index in [-0.39, 0.29) is 31.5 Å². The summed E-state index contributed by atoms with van der Waals surface area (Å²) in [4.78, 5) is 12.1. The lowest BCUT2D eigenvalue weighted by Crippen LogP contribution is -2.43. The maximum absolute atomic E-state index is 12.1. The summed E-state index contributed by atoms with van der Waals surface area (Å²) in [6, 6.07) is 13.6. The lowest BCUT2D eigenvalue weighted by atomic mass is 10.0. The molecule has 0 fully saturated rings. The average molecular weight is 349 g/mol. The largest absolute Gasteiger partial charge is 0.354 e. The second-order valence-electron chi connectivity index (χ2n) is 5.84. The lowest BCUT2D eigenvalue weighted by Gasteiger charge is -2.11. The first-order valence-electron chi connectivity index (χ1n) is 7.87. The topological polar surface area (TPSA) is 87.3 Å². The molecule has 7 heteroatoms. The van der Waals surface area contributed by atoms with Crippen LogP contribution in [-0.4, -0.2) is 33.5 Å². The third-order valence-corrected chi connectivity index (χ3v) is 4.73. The fourth-order valence-electron chi connectivity index (χ4n) is 2.42. The van der Waals surface area contributed by atoms with Gasteiger partial charge in [-0.1, -0.05) is 42.5 Å². The first-order valence-corrected chi connectivity index (χ1v) is 9.36. The van der Waals surface area contributed by atoms with Gasteiger partial charge in [0.05, 0.1) is 6.42 Å². The van der Waals surface area contributed by atoms with Crippen LogP contribution in [0.2, 0.25) is 0 Å². The van der Waals surface area contributed by atoms with Crippen molar-refractivity contribution in [2.75, 3.05) is 13.1 Å². The number of hydrogen-bond acceptors (Lipinski definition) is 3. The van der Waals surface area contributed by atoms with Crippen LogP contribution in [0.25, 0.3) is 10.8 Å². The Hall–Kier alpha value is -1.96. The van der Waals surface area contributed by atoms with Crippen LogP contribution in [0, 0.1) is 0 Å². The van der Waals surface area contributed by atoms with Crippen LogP contribution in [0.4, 0.5) is 0 Å². The van der Waals surface area contributed by atoms with Gasteiger partial charge in [-0.15, -0.1) is 0 Å². The summed E-state index contributed by atoms with van der Waals surface area (Å²) in [6.45, 7) is 3.86. The normalized spacial score (nSPS) is 11.8. The molecule has 2 rings (SSSR count). The predicted octanol–water partition coefficient (Wildman–Crippen LogP) is 1.33. The third kappa shape index (κ3) is 5.59. The number of amides is 1. The molecule has 2 aromatic carbocycles. The summed E-state index contributed by atoms with van der Waals surface area (Å²) in [6.07, 6.45) is 0.262. The minimum Gasteiger partial charge on any atom is -0.354 e. The van der Waals surface area contributed by atoms with Gasteiger partial charge >= 0.3 is 0 Å². The van der Waals surface area contributed by atoms with Gasteiger partial charge in [-0.2, -0.15) is 13.1 Å². The molecular formula is C17H23N3O3S. The Kier molecular flexibility index (Phi) is 6.30. The molecule has 0 aliphatic heterocycles. The molecule has 3 N–H and O–H groups in total. The summed E-state index contributed by atoms with van der Waals surface area (Å²) >= 11 is 0. The molecule has 0 heterocycles. The zero-order chi connectivity index (χ0) is 17.6. The van der Waals surface area contributed by atoms with E-state index in [1.165, 1.54) is 0 Å². The molecule has 130 valence electrons. The molecule has 0 bridgehead atoms. The van der Waals surface area contributed by atoms with Gasteiger partial charge in [0.15, 0.2) is 0 Å². The summed E-state index contributed by atoms with van der Waals surface area (Å²) in [5.74, 6) is -0.137. The molecule has 0 saturated heterocycles. The summed E-state index contributed by atoms with van der Waals surface area (Å²) in [5.41, 5.74) is 0.952. The van der Waals surface area contributed by atoms with Crippen molar-refractivity contribution in [1.82, 2.24) is 14.8 Å². The lowest BCUT2D eigenvalue weighted by molar-refractivity contribution is -0.120. The molecule has 0 aromatic heterocycles. The highest BCUT2D eigenvalue weighted by molar-refractivity contribution is 7.87. The van der Waals surface area contributed by atoms with Gasteiger partial charge in [-0.25, -0.2) is 4.72 Å². The minimum atomic E-state index is -3.52. The second-order valence-corrected chi connectivity index (χ2v) is 7.37. The molecule has 6 nitrogen and oxygen atoms in total. The Morgan fingerprint density at radius 2 is 1.75 bits per heavy atom. The van der Waals surface area contributed by atoms with Gasteiger partial charge in [0.1, 0.15) is 0 Å². The second kappa shape index (κ2) is 8.23. The van der Waals surface area contributed by atoms with E-state index in [0.717, 1.165) is 16.3 Å². The standard InChI is InChI=1S/C17H23N3O3S/c1-13(2)20-24(22,23)19-11-10-18-17(21)12-15-8-5-7-14-6-3-4-9-16(14)15/h3-9,13,19-20H,10-12H2,1-2H3,(H,18,21). The fraction of sp³-hybridized carbons (Fsp3) is 0.353.